The van der Waals surface area contributed by atoms with Crippen molar-refractivity contribution in [1.82, 2.24) is 15.3 Å². The number of nitrogens with zero attached hydrogens (tertiary/aromatic N) is 3. The lowest BCUT2D eigenvalue weighted by molar-refractivity contribution is -0.125. The van der Waals surface area contributed by atoms with Crippen molar-refractivity contribution in [2.45, 2.75) is 57.3 Å². The molecule has 1 aromatic carbocycles. The molecule has 1 atom stereocenters. The van der Waals surface area contributed by atoms with Crippen LogP contribution in [0.5, 0.6) is 0 Å². The molecule has 1 amide bonds. The molecule has 1 saturated carbocycles. The van der Waals surface area contributed by atoms with Crippen LogP contribution in [0, 0.1) is 12.8 Å². The van der Waals surface area contributed by atoms with Gasteiger partial charge in [0.25, 0.3) is 0 Å². The van der Waals surface area contributed by atoms with Crippen LogP contribution in [0.2, 0.25) is 0 Å². The third kappa shape index (κ3) is 4.60. The lowest BCUT2D eigenvalue weighted by Gasteiger charge is -2.39. The predicted molar refractivity (Wildman–Crippen MR) is 116 cm³/mol. The summed E-state index contributed by atoms with van der Waals surface area (Å²) in [5.41, 5.74) is 2.77. The molecule has 0 bridgehead atoms. The Balaban J connectivity index is 1.43. The van der Waals surface area contributed by atoms with Crippen LogP contribution in [0.1, 0.15) is 56.1 Å². The Bertz CT molecular complexity index is 817. The molecule has 154 valence electrons. The molecule has 5 heteroatoms. The molecule has 2 aromatic rings. The van der Waals surface area contributed by atoms with Gasteiger partial charge in [-0.1, -0.05) is 49.1 Å². The van der Waals surface area contributed by atoms with Crippen LogP contribution in [0.4, 0.5) is 5.95 Å². The Morgan fingerprint density at radius 2 is 1.93 bits per heavy atom. The molecule has 1 aliphatic carbocycles. The van der Waals surface area contributed by atoms with Gasteiger partial charge in [-0.15, -0.1) is 0 Å². The average molecular weight is 393 g/mol. The zero-order valence-electron chi connectivity index (χ0n) is 17.4. The number of aryl methyl sites for hydroxylation is 1. The van der Waals surface area contributed by atoms with E-state index in [1.54, 1.807) is 12.4 Å². The number of hydrogen-bond donors (Lipinski definition) is 1. The SMILES string of the molecule is Cc1cccc(C2(CNC(=O)C3CCCN(c4ncccn4)C3)CCCCC2)c1. The number of anilines is 1. The van der Waals surface area contributed by atoms with Crippen molar-refractivity contribution in [2.24, 2.45) is 5.92 Å². The van der Waals surface area contributed by atoms with E-state index in [2.05, 4.69) is 51.4 Å². The fraction of sp³-hybridized carbons (Fsp3) is 0.542. The topological polar surface area (TPSA) is 58.1 Å². The van der Waals surface area contributed by atoms with Crippen LogP contribution < -0.4 is 10.2 Å². The fourth-order valence-corrected chi connectivity index (χ4v) is 5.00. The highest BCUT2D eigenvalue weighted by Crippen LogP contribution is 2.39. The smallest absolute Gasteiger partial charge is 0.225 e. The quantitative estimate of drug-likeness (QED) is 0.835. The molecule has 0 radical (unpaired) electrons. The van der Waals surface area contributed by atoms with Crippen molar-refractivity contribution in [3.63, 3.8) is 0 Å². The first-order valence-electron chi connectivity index (χ1n) is 11.0. The van der Waals surface area contributed by atoms with Gasteiger partial charge in [0.2, 0.25) is 11.9 Å². The number of hydrogen-bond acceptors (Lipinski definition) is 4. The Morgan fingerprint density at radius 1 is 1.14 bits per heavy atom. The van der Waals surface area contributed by atoms with Crippen molar-refractivity contribution in [2.75, 3.05) is 24.5 Å². The van der Waals surface area contributed by atoms with Crippen molar-refractivity contribution >= 4 is 11.9 Å². The standard InChI is InChI=1S/C24H32N4O/c1-19-8-5-10-21(16-19)24(11-3-2-4-12-24)18-27-22(29)20-9-6-15-28(17-20)23-25-13-7-14-26-23/h5,7-8,10,13-14,16,20H,2-4,6,9,11-12,15,17-18H2,1H3,(H,27,29). The van der Waals surface area contributed by atoms with Gasteiger partial charge in [0, 0.05) is 37.4 Å². The maximum Gasteiger partial charge on any atom is 0.225 e. The Morgan fingerprint density at radius 3 is 2.69 bits per heavy atom. The number of benzene rings is 1. The first kappa shape index (κ1) is 19.9. The summed E-state index contributed by atoms with van der Waals surface area (Å²) in [4.78, 5) is 23.9. The molecule has 4 rings (SSSR count). The minimum Gasteiger partial charge on any atom is -0.355 e. The second-order valence-corrected chi connectivity index (χ2v) is 8.76. The van der Waals surface area contributed by atoms with Gasteiger partial charge < -0.3 is 10.2 Å². The third-order valence-corrected chi connectivity index (χ3v) is 6.67. The van der Waals surface area contributed by atoms with Crippen LogP contribution in [-0.2, 0) is 10.2 Å². The van der Waals surface area contributed by atoms with Gasteiger partial charge >= 0.3 is 0 Å². The number of nitrogens with one attached hydrogen (secondary N) is 1. The number of carbonyl (C=O) groups excluding carboxylic acids is 1. The van der Waals surface area contributed by atoms with E-state index in [0.29, 0.717) is 6.54 Å². The van der Waals surface area contributed by atoms with Crippen LogP contribution in [0.25, 0.3) is 0 Å². The summed E-state index contributed by atoms with van der Waals surface area (Å²) in [6, 6.07) is 10.7. The van der Waals surface area contributed by atoms with E-state index >= 15 is 0 Å². The minimum atomic E-state index is 0.00528. The molecule has 2 fully saturated rings. The Hall–Kier alpha value is -2.43. The molecule has 5 nitrogen and oxygen atoms in total. The largest absolute Gasteiger partial charge is 0.355 e. The summed E-state index contributed by atoms with van der Waals surface area (Å²) in [6.07, 6.45) is 11.6. The Labute approximate surface area is 173 Å². The molecular weight excluding hydrogens is 360 g/mol. The molecule has 1 aliphatic heterocycles. The molecular formula is C24H32N4O. The van der Waals surface area contributed by atoms with Crippen LogP contribution in [0.3, 0.4) is 0 Å². The number of carbonyl (C=O) groups is 1. The molecule has 1 aromatic heterocycles. The lowest BCUT2D eigenvalue weighted by Crippen LogP contribution is -2.48. The van der Waals surface area contributed by atoms with Crippen molar-refractivity contribution in [1.29, 1.82) is 0 Å². The molecule has 2 aliphatic rings. The summed E-state index contributed by atoms with van der Waals surface area (Å²) in [5, 5.41) is 3.35. The number of aromatic nitrogens is 2. The summed E-state index contributed by atoms with van der Waals surface area (Å²) >= 11 is 0. The van der Waals surface area contributed by atoms with E-state index in [9.17, 15) is 4.79 Å². The average Bonchev–Trinajstić information content (AvgIpc) is 2.79. The van der Waals surface area contributed by atoms with Crippen molar-refractivity contribution in [3.05, 3.63) is 53.9 Å². The third-order valence-electron chi connectivity index (χ3n) is 6.67. The summed E-state index contributed by atoms with van der Waals surface area (Å²) in [6.45, 7) is 4.52. The van der Waals surface area contributed by atoms with Gasteiger partial charge in [0.05, 0.1) is 5.92 Å². The van der Waals surface area contributed by atoms with Crippen molar-refractivity contribution < 1.29 is 4.79 Å². The van der Waals surface area contributed by atoms with Gasteiger partial charge in [0.15, 0.2) is 0 Å². The number of piperidine rings is 1. The first-order chi connectivity index (χ1) is 14.2. The molecule has 0 spiro atoms. The second kappa shape index (κ2) is 8.93. The van der Waals surface area contributed by atoms with E-state index in [1.165, 1.54) is 30.4 Å². The minimum absolute atomic E-state index is 0.00528. The zero-order chi connectivity index (χ0) is 20.1. The van der Waals surface area contributed by atoms with Crippen LogP contribution in [-0.4, -0.2) is 35.5 Å². The van der Waals surface area contributed by atoms with Gasteiger partial charge in [-0.05, 0) is 44.2 Å². The van der Waals surface area contributed by atoms with E-state index in [4.69, 9.17) is 0 Å². The second-order valence-electron chi connectivity index (χ2n) is 8.76. The fourth-order valence-electron chi connectivity index (χ4n) is 5.00. The summed E-state index contributed by atoms with van der Waals surface area (Å²) in [7, 11) is 0. The zero-order valence-corrected chi connectivity index (χ0v) is 17.4. The normalized spacial score (nSPS) is 21.6. The van der Waals surface area contributed by atoms with Crippen molar-refractivity contribution in [3.8, 4) is 0 Å². The molecule has 1 N–H and O–H groups in total. The number of amides is 1. The number of rotatable bonds is 5. The Kier molecular flexibility index (Phi) is 6.12. The van der Waals surface area contributed by atoms with Gasteiger partial charge in [-0.2, -0.15) is 0 Å². The summed E-state index contributed by atoms with van der Waals surface area (Å²) < 4.78 is 0. The van der Waals surface area contributed by atoms with Crippen LogP contribution >= 0.6 is 0 Å². The maximum atomic E-state index is 13.1. The first-order valence-corrected chi connectivity index (χ1v) is 11.0. The van der Waals surface area contributed by atoms with E-state index in [0.717, 1.165) is 44.7 Å². The van der Waals surface area contributed by atoms with Gasteiger partial charge in [-0.25, -0.2) is 9.97 Å². The highest BCUT2D eigenvalue weighted by Gasteiger charge is 2.35. The molecule has 1 unspecified atom stereocenters. The van der Waals surface area contributed by atoms with Crippen LogP contribution in [0.15, 0.2) is 42.7 Å². The van der Waals surface area contributed by atoms with E-state index in [1.807, 2.05) is 6.07 Å². The molecule has 2 heterocycles. The summed E-state index contributed by atoms with van der Waals surface area (Å²) in [5.74, 6) is 0.919. The highest BCUT2D eigenvalue weighted by molar-refractivity contribution is 5.79. The molecule has 1 saturated heterocycles. The van der Waals surface area contributed by atoms with E-state index in [-0.39, 0.29) is 17.2 Å². The van der Waals surface area contributed by atoms with E-state index < -0.39 is 0 Å². The molecule has 29 heavy (non-hydrogen) atoms. The predicted octanol–water partition coefficient (Wildman–Crippen LogP) is 4.02. The maximum absolute atomic E-state index is 13.1. The van der Waals surface area contributed by atoms with Gasteiger partial charge in [0.1, 0.15) is 0 Å². The lowest BCUT2D eigenvalue weighted by atomic mass is 9.69. The van der Waals surface area contributed by atoms with Gasteiger partial charge in [-0.3, -0.25) is 4.79 Å². The monoisotopic (exact) mass is 392 g/mol. The highest BCUT2D eigenvalue weighted by atomic mass is 16.1.